The molecule has 1 nitrogen and oxygen atoms in total. The number of hydrogen-bond donors (Lipinski definition) is 1. The highest BCUT2D eigenvalue weighted by Crippen LogP contribution is 2.23. The molecule has 11 heavy (non-hydrogen) atoms. The second kappa shape index (κ2) is 2.42. The van der Waals surface area contributed by atoms with Crippen LogP contribution in [0.4, 0.5) is 0 Å². The molecule has 0 atom stereocenters. The average Bonchev–Trinajstić information content (AvgIpc) is 2.06. The lowest BCUT2D eigenvalue weighted by Gasteiger charge is -2.12. The maximum absolute atomic E-state index is 9.42. The summed E-state index contributed by atoms with van der Waals surface area (Å²) in [6, 6.07) is 7.99. The molecule has 56 valence electrons. The van der Waals surface area contributed by atoms with Crippen molar-refractivity contribution in [2.75, 3.05) is 0 Å². The topological polar surface area (TPSA) is 20.2 Å². The van der Waals surface area contributed by atoms with Gasteiger partial charge >= 0.3 is 0 Å². The van der Waals surface area contributed by atoms with E-state index in [1.165, 1.54) is 5.56 Å². The van der Waals surface area contributed by atoms with Crippen molar-refractivity contribution in [1.82, 2.24) is 0 Å². The van der Waals surface area contributed by atoms with Gasteiger partial charge in [-0.05, 0) is 24.5 Å². The number of allylic oxidation sites excluding steroid dienone is 1. The van der Waals surface area contributed by atoms with Crippen LogP contribution in [0.1, 0.15) is 17.5 Å². The van der Waals surface area contributed by atoms with Crippen molar-refractivity contribution < 1.29 is 5.11 Å². The first-order valence-electron chi connectivity index (χ1n) is 3.85. The van der Waals surface area contributed by atoms with E-state index in [1.807, 2.05) is 24.3 Å². The van der Waals surface area contributed by atoms with E-state index in [4.69, 9.17) is 0 Å². The molecule has 0 saturated heterocycles. The van der Waals surface area contributed by atoms with Gasteiger partial charge in [-0.3, -0.25) is 0 Å². The minimum atomic E-state index is 0.437. The molecule has 1 aliphatic rings. The van der Waals surface area contributed by atoms with Gasteiger partial charge in [0, 0.05) is 5.56 Å². The number of hydrogen-bond acceptors (Lipinski definition) is 1. The number of fused-ring (bicyclic) bond motifs is 1. The summed E-state index contributed by atoms with van der Waals surface area (Å²) in [5.41, 5.74) is 2.26. The normalized spacial score (nSPS) is 15.5. The van der Waals surface area contributed by atoms with E-state index in [0.717, 1.165) is 18.4 Å². The highest BCUT2D eigenvalue weighted by atomic mass is 16.3. The summed E-state index contributed by atoms with van der Waals surface area (Å²) < 4.78 is 0. The third-order valence-corrected chi connectivity index (χ3v) is 2.04. The van der Waals surface area contributed by atoms with E-state index in [2.05, 4.69) is 6.07 Å². The fourth-order valence-corrected chi connectivity index (χ4v) is 1.46. The van der Waals surface area contributed by atoms with E-state index >= 15 is 0 Å². The van der Waals surface area contributed by atoms with Crippen LogP contribution in [0.5, 0.6) is 0 Å². The number of aryl methyl sites for hydroxylation is 1. The number of rotatable bonds is 0. The van der Waals surface area contributed by atoms with Gasteiger partial charge in [-0.2, -0.15) is 0 Å². The SMILES string of the molecule is OC1=CCCc2ccccc21. The Balaban J connectivity index is 2.56. The monoisotopic (exact) mass is 146 g/mol. The minimum absolute atomic E-state index is 0.437. The third-order valence-electron chi connectivity index (χ3n) is 2.04. The summed E-state index contributed by atoms with van der Waals surface area (Å²) in [6.07, 6.45) is 3.89. The molecule has 0 spiro atoms. The Morgan fingerprint density at radius 3 is 2.82 bits per heavy atom. The Hall–Kier alpha value is -1.24. The fraction of sp³-hybridized carbons (Fsp3) is 0.200. The Morgan fingerprint density at radius 1 is 1.18 bits per heavy atom. The summed E-state index contributed by atoms with van der Waals surface area (Å²) >= 11 is 0. The summed E-state index contributed by atoms with van der Waals surface area (Å²) in [6.45, 7) is 0. The average molecular weight is 146 g/mol. The summed E-state index contributed by atoms with van der Waals surface area (Å²) in [7, 11) is 0. The van der Waals surface area contributed by atoms with Crippen molar-refractivity contribution in [2.45, 2.75) is 12.8 Å². The van der Waals surface area contributed by atoms with E-state index in [-0.39, 0.29) is 0 Å². The van der Waals surface area contributed by atoms with E-state index in [9.17, 15) is 5.11 Å². The maximum atomic E-state index is 9.42. The van der Waals surface area contributed by atoms with Crippen molar-refractivity contribution in [3.8, 4) is 0 Å². The molecule has 1 aliphatic carbocycles. The molecule has 0 amide bonds. The first-order valence-corrected chi connectivity index (χ1v) is 3.85. The fourth-order valence-electron chi connectivity index (χ4n) is 1.46. The van der Waals surface area contributed by atoms with Gasteiger partial charge in [0.15, 0.2) is 0 Å². The van der Waals surface area contributed by atoms with E-state index in [1.54, 1.807) is 0 Å². The molecule has 0 aliphatic heterocycles. The summed E-state index contributed by atoms with van der Waals surface area (Å²) in [4.78, 5) is 0. The van der Waals surface area contributed by atoms with Crippen LogP contribution >= 0.6 is 0 Å². The minimum Gasteiger partial charge on any atom is -0.508 e. The van der Waals surface area contributed by atoms with Crippen LogP contribution in [0.25, 0.3) is 5.76 Å². The van der Waals surface area contributed by atoms with Crippen molar-refractivity contribution in [3.63, 3.8) is 0 Å². The first-order chi connectivity index (χ1) is 5.38. The number of aliphatic hydroxyl groups is 1. The Bertz CT molecular complexity index is 299. The molecule has 0 unspecified atom stereocenters. The Labute approximate surface area is 66.0 Å². The van der Waals surface area contributed by atoms with Gasteiger partial charge in [-0.15, -0.1) is 0 Å². The van der Waals surface area contributed by atoms with Crippen LogP contribution in [0, 0.1) is 0 Å². The number of aliphatic hydroxyl groups excluding tert-OH is 1. The van der Waals surface area contributed by atoms with Crippen LogP contribution in [0.2, 0.25) is 0 Å². The molecule has 0 fully saturated rings. The zero-order valence-electron chi connectivity index (χ0n) is 6.25. The lowest BCUT2D eigenvalue weighted by Crippen LogP contribution is -1.97. The van der Waals surface area contributed by atoms with E-state index in [0.29, 0.717) is 5.76 Å². The standard InChI is InChI=1S/C10H10O/c11-10-7-3-5-8-4-1-2-6-9(8)10/h1-2,4,6-7,11H,3,5H2. The molecule has 0 aromatic heterocycles. The van der Waals surface area contributed by atoms with Crippen LogP contribution in [0.15, 0.2) is 30.3 Å². The van der Waals surface area contributed by atoms with Crippen LogP contribution in [-0.4, -0.2) is 5.11 Å². The molecular weight excluding hydrogens is 136 g/mol. The van der Waals surface area contributed by atoms with Crippen LogP contribution in [0.3, 0.4) is 0 Å². The van der Waals surface area contributed by atoms with Crippen molar-refractivity contribution in [2.24, 2.45) is 0 Å². The first kappa shape index (κ1) is 6.47. The van der Waals surface area contributed by atoms with Crippen molar-refractivity contribution in [1.29, 1.82) is 0 Å². The largest absolute Gasteiger partial charge is 0.508 e. The molecule has 2 rings (SSSR count). The van der Waals surface area contributed by atoms with Gasteiger partial charge in [0.25, 0.3) is 0 Å². The van der Waals surface area contributed by atoms with Gasteiger partial charge in [0.1, 0.15) is 5.76 Å². The van der Waals surface area contributed by atoms with Gasteiger partial charge in [-0.1, -0.05) is 24.3 Å². The Kier molecular flexibility index (Phi) is 1.42. The van der Waals surface area contributed by atoms with Crippen molar-refractivity contribution >= 4 is 5.76 Å². The zero-order chi connectivity index (χ0) is 7.68. The molecule has 0 saturated carbocycles. The molecular formula is C10H10O. The van der Waals surface area contributed by atoms with Gasteiger partial charge in [-0.25, -0.2) is 0 Å². The van der Waals surface area contributed by atoms with Crippen LogP contribution < -0.4 is 0 Å². The summed E-state index contributed by atoms with van der Waals surface area (Å²) in [5, 5.41) is 9.42. The van der Waals surface area contributed by atoms with E-state index < -0.39 is 0 Å². The Morgan fingerprint density at radius 2 is 2.00 bits per heavy atom. The van der Waals surface area contributed by atoms with Crippen molar-refractivity contribution in [3.05, 3.63) is 41.5 Å². The second-order valence-electron chi connectivity index (χ2n) is 2.79. The molecule has 1 aromatic rings. The molecule has 1 heteroatoms. The zero-order valence-corrected chi connectivity index (χ0v) is 6.25. The molecule has 0 radical (unpaired) electrons. The molecule has 0 bridgehead atoms. The molecule has 1 N–H and O–H groups in total. The third kappa shape index (κ3) is 1.03. The predicted molar refractivity (Wildman–Crippen MR) is 45.4 cm³/mol. The highest BCUT2D eigenvalue weighted by molar-refractivity contribution is 5.63. The lowest BCUT2D eigenvalue weighted by atomic mass is 9.96. The highest BCUT2D eigenvalue weighted by Gasteiger charge is 2.08. The summed E-state index contributed by atoms with van der Waals surface area (Å²) in [5.74, 6) is 0.437. The van der Waals surface area contributed by atoms with Gasteiger partial charge in [0.05, 0.1) is 0 Å². The maximum Gasteiger partial charge on any atom is 0.119 e. The second-order valence-corrected chi connectivity index (χ2v) is 2.79. The van der Waals surface area contributed by atoms with Gasteiger partial charge < -0.3 is 5.11 Å². The molecule has 1 aromatic carbocycles. The lowest BCUT2D eigenvalue weighted by molar-refractivity contribution is 0.505. The quantitative estimate of drug-likeness (QED) is 0.596. The number of benzene rings is 1. The van der Waals surface area contributed by atoms with Gasteiger partial charge in [0.2, 0.25) is 0 Å². The smallest absolute Gasteiger partial charge is 0.119 e. The predicted octanol–water partition coefficient (Wildman–Crippen LogP) is 2.53. The van der Waals surface area contributed by atoms with Crippen LogP contribution in [-0.2, 0) is 6.42 Å². The molecule has 0 heterocycles.